The van der Waals surface area contributed by atoms with E-state index in [-0.39, 0.29) is 6.04 Å². The SMILES string of the molecule is NCCN1CCC(Nc2cc(C(F)(F)F)cc3c2Nc2cc(N4CCCC4)ccc2S3)CC1. The van der Waals surface area contributed by atoms with Crippen molar-refractivity contribution in [1.29, 1.82) is 0 Å². The number of likely N-dealkylation sites (tertiary alicyclic amines) is 1. The van der Waals surface area contributed by atoms with E-state index in [1.807, 2.05) is 6.07 Å². The van der Waals surface area contributed by atoms with Crippen molar-refractivity contribution in [3.05, 3.63) is 35.9 Å². The maximum absolute atomic E-state index is 13.7. The topological polar surface area (TPSA) is 56.6 Å². The van der Waals surface area contributed by atoms with Crippen molar-refractivity contribution in [2.45, 2.75) is 47.7 Å². The minimum atomic E-state index is -4.39. The highest BCUT2D eigenvalue weighted by Gasteiger charge is 2.34. The summed E-state index contributed by atoms with van der Waals surface area (Å²) < 4.78 is 41.1. The Balaban J connectivity index is 1.42. The first-order chi connectivity index (χ1) is 15.9. The van der Waals surface area contributed by atoms with Gasteiger partial charge in [0.2, 0.25) is 0 Å². The highest BCUT2D eigenvalue weighted by molar-refractivity contribution is 7.99. The number of fused-ring (bicyclic) bond motifs is 2. The van der Waals surface area contributed by atoms with Gasteiger partial charge in [0.15, 0.2) is 0 Å². The Hall–Kier alpha value is -2.10. The molecule has 0 bridgehead atoms. The van der Waals surface area contributed by atoms with Gasteiger partial charge in [-0.15, -0.1) is 0 Å². The van der Waals surface area contributed by atoms with Gasteiger partial charge in [0.05, 0.1) is 22.6 Å². The standard InChI is InChI=1S/C24H30F3N5S/c25-24(26,27)16-13-20(29-17-5-10-31(11-6-17)12-7-28)23-22(14-16)33-21-4-3-18(15-19(21)30-23)32-8-1-2-9-32/h3-4,13-15,17,29-30H,1-2,5-12,28H2. The van der Waals surface area contributed by atoms with E-state index in [2.05, 4.69) is 32.6 Å². The summed E-state index contributed by atoms with van der Waals surface area (Å²) in [5.41, 5.74) is 8.44. The van der Waals surface area contributed by atoms with Crippen molar-refractivity contribution in [3.8, 4) is 0 Å². The van der Waals surface area contributed by atoms with Crippen molar-refractivity contribution in [3.63, 3.8) is 0 Å². The second kappa shape index (κ2) is 9.27. The lowest BCUT2D eigenvalue weighted by Crippen LogP contribution is -2.41. The predicted octanol–water partition coefficient (Wildman–Crippen LogP) is 5.35. The van der Waals surface area contributed by atoms with E-state index < -0.39 is 11.7 Å². The van der Waals surface area contributed by atoms with Crippen LogP contribution in [0.2, 0.25) is 0 Å². The van der Waals surface area contributed by atoms with Gasteiger partial charge in [-0.25, -0.2) is 0 Å². The van der Waals surface area contributed by atoms with Gasteiger partial charge in [-0.1, -0.05) is 11.8 Å². The van der Waals surface area contributed by atoms with E-state index in [0.29, 0.717) is 17.1 Å². The van der Waals surface area contributed by atoms with Gasteiger partial charge in [-0.2, -0.15) is 13.2 Å². The second-order valence-electron chi connectivity index (χ2n) is 9.05. The number of nitrogens with two attached hydrogens (primary N) is 1. The average Bonchev–Trinajstić information content (AvgIpc) is 3.33. The Labute approximate surface area is 196 Å². The summed E-state index contributed by atoms with van der Waals surface area (Å²) in [6, 6.07) is 8.88. The van der Waals surface area contributed by atoms with Crippen LogP contribution < -0.4 is 21.3 Å². The molecule has 0 saturated carbocycles. The van der Waals surface area contributed by atoms with Crippen LogP contribution >= 0.6 is 11.8 Å². The van der Waals surface area contributed by atoms with E-state index >= 15 is 0 Å². The van der Waals surface area contributed by atoms with Crippen LogP contribution in [0.5, 0.6) is 0 Å². The van der Waals surface area contributed by atoms with Crippen LogP contribution in [0.1, 0.15) is 31.2 Å². The van der Waals surface area contributed by atoms with Gasteiger partial charge in [-0.05, 0) is 56.0 Å². The summed E-state index contributed by atoms with van der Waals surface area (Å²) in [4.78, 5) is 6.23. The molecular weight excluding hydrogens is 447 g/mol. The lowest BCUT2D eigenvalue weighted by atomic mass is 10.0. The molecule has 0 unspecified atom stereocenters. The molecule has 0 radical (unpaired) electrons. The van der Waals surface area contributed by atoms with Gasteiger partial charge >= 0.3 is 6.18 Å². The normalized spacial score (nSPS) is 19.2. The first-order valence-corrected chi connectivity index (χ1v) is 12.5. The number of hydrogen-bond donors (Lipinski definition) is 3. The van der Waals surface area contributed by atoms with E-state index in [9.17, 15) is 13.2 Å². The number of anilines is 4. The number of alkyl halides is 3. The first kappa shape index (κ1) is 22.7. The van der Waals surface area contributed by atoms with Gasteiger partial charge in [0, 0.05) is 60.8 Å². The number of hydrogen-bond acceptors (Lipinski definition) is 6. The molecule has 0 aliphatic carbocycles. The van der Waals surface area contributed by atoms with Gasteiger partial charge in [0.25, 0.3) is 0 Å². The van der Waals surface area contributed by atoms with Crippen LogP contribution in [0, 0.1) is 0 Å². The van der Waals surface area contributed by atoms with Crippen LogP contribution in [0.3, 0.4) is 0 Å². The van der Waals surface area contributed by atoms with Crippen LogP contribution in [-0.2, 0) is 6.18 Å². The van der Waals surface area contributed by atoms with Crippen molar-refractivity contribution >= 4 is 34.5 Å². The molecule has 2 fully saturated rings. The lowest BCUT2D eigenvalue weighted by molar-refractivity contribution is -0.137. The Morgan fingerprint density at radius 3 is 2.48 bits per heavy atom. The highest BCUT2D eigenvalue weighted by Crippen LogP contribution is 2.50. The zero-order valence-electron chi connectivity index (χ0n) is 18.5. The number of halogens is 3. The summed E-state index contributed by atoms with van der Waals surface area (Å²) in [6.45, 7) is 5.39. The molecule has 0 atom stereocenters. The maximum atomic E-state index is 13.7. The van der Waals surface area contributed by atoms with E-state index in [1.54, 1.807) is 0 Å². The number of nitrogens with one attached hydrogen (secondary N) is 2. The molecule has 0 amide bonds. The zero-order valence-corrected chi connectivity index (χ0v) is 19.4. The van der Waals surface area contributed by atoms with Crippen molar-refractivity contribution in [1.82, 2.24) is 4.90 Å². The summed E-state index contributed by atoms with van der Waals surface area (Å²) in [5, 5.41) is 6.91. The number of piperidine rings is 1. The number of nitrogens with zero attached hydrogens (tertiary/aromatic N) is 2. The molecule has 3 aliphatic rings. The molecule has 3 aliphatic heterocycles. The van der Waals surface area contributed by atoms with Crippen LogP contribution in [0.25, 0.3) is 0 Å². The summed E-state index contributed by atoms with van der Waals surface area (Å²) in [6.07, 6.45) is -0.237. The molecule has 33 heavy (non-hydrogen) atoms. The highest BCUT2D eigenvalue weighted by atomic mass is 32.2. The number of benzene rings is 2. The Morgan fingerprint density at radius 1 is 1.03 bits per heavy atom. The molecule has 178 valence electrons. The van der Waals surface area contributed by atoms with Gasteiger partial charge in [0.1, 0.15) is 0 Å². The van der Waals surface area contributed by atoms with Crippen LogP contribution in [0.15, 0.2) is 40.1 Å². The first-order valence-electron chi connectivity index (χ1n) is 11.7. The van der Waals surface area contributed by atoms with Crippen molar-refractivity contribution in [2.75, 3.05) is 54.8 Å². The summed E-state index contributed by atoms with van der Waals surface area (Å²) >= 11 is 1.40. The third kappa shape index (κ3) is 4.90. The average molecular weight is 478 g/mol. The van der Waals surface area contributed by atoms with Crippen LogP contribution in [-0.4, -0.2) is 50.2 Å². The zero-order chi connectivity index (χ0) is 23.0. The fourth-order valence-corrected chi connectivity index (χ4v) is 5.98. The van der Waals surface area contributed by atoms with E-state index in [1.165, 1.54) is 36.7 Å². The molecule has 2 saturated heterocycles. The second-order valence-corrected chi connectivity index (χ2v) is 10.1. The van der Waals surface area contributed by atoms with Crippen molar-refractivity contribution < 1.29 is 13.2 Å². The Kier molecular flexibility index (Phi) is 6.37. The van der Waals surface area contributed by atoms with E-state index in [0.717, 1.165) is 67.5 Å². The molecule has 0 spiro atoms. The minimum absolute atomic E-state index is 0.135. The third-order valence-corrected chi connectivity index (χ3v) is 7.85. The number of rotatable bonds is 5. The quantitative estimate of drug-likeness (QED) is 0.461. The minimum Gasteiger partial charge on any atom is -0.380 e. The molecular formula is C24H30F3N5S. The largest absolute Gasteiger partial charge is 0.416 e. The monoisotopic (exact) mass is 477 g/mol. The molecule has 5 nitrogen and oxygen atoms in total. The molecule has 5 rings (SSSR count). The molecule has 0 aromatic heterocycles. The summed E-state index contributed by atoms with van der Waals surface area (Å²) in [7, 11) is 0. The summed E-state index contributed by atoms with van der Waals surface area (Å²) in [5.74, 6) is 0. The smallest absolute Gasteiger partial charge is 0.380 e. The van der Waals surface area contributed by atoms with Gasteiger partial charge < -0.3 is 26.2 Å². The Bertz CT molecular complexity index is 998. The lowest BCUT2D eigenvalue weighted by Gasteiger charge is -2.34. The predicted molar refractivity (Wildman–Crippen MR) is 129 cm³/mol. The Morgan fingerprint density at radius 2 is 1.79 bits per heavy atom. The van der Waals surface area contributed by atoms with Crippen LogP contribution in [0.4, 0.5) is 35.9 Å². The molecule has 4 N–H and O–H groups in total. The molecule has 3 heterocycles. The molecule has 2 aromatic carbocycles. The molecule has 2 aromatic rings. The van der Waals surface area contributed by atoms with E-state index in [4.69, 9.17) is 5.73 Å². The maximum Gasteiger partial charge on any atom is 0.416 e. The fraction of sp³-hybridized carbons (Fsp3) is 0.500. The van der Waals surface area contributed by atoms with Crippen molar-refractivity contribution in [2.24, 2.45) is 5.73 Å². The third-order valence-electron chi connectivity index (χ3n) is 6.74. The van der Waals surface area contributed by atoms with Gasteiger partial charge in [-0.3, -0.25) is 0 Å². The fourth-order valence-electron chi connectivity index (χ4n) is 4.94. The molecule has 9 heteroatoms.